The zero-order valence-electron chi connectivity index (χ0n) is 14.5. The summed E-state index contributed by atoms with van der Waals surface area (Å²) in [7, 11) is 0. The topological polar surface area (TPSA) is 81.3 Å². The Labute approximate surface area is 146 Å². The van der Waals surface area contributed by atoms with Crippen LogP contribution in [0.5, 0.6) is 0 Å². The highest BCUT2D eigenvalue weighted by molar-refractivity contribution is 5.94. The number of amides is 1. The molecule has 0 unspecified atom stereocenters. The van der Waals surface area contributed by atoms with Gasteiger partial charge in [0.2, 0.25) is 0 Å². The van der Waals surface area contributed by atoms with Crippen molar-refractivity contribution in [3.8, 4) is 0 Å². The first-order chi connectivity index (χ1) is 11.9. The molecule has 1 aliphatic heterocycles. The number of rotatable bonds is 4. The van der Waals surface area contributed by atoms with Crippen LogP contribution in [0.1, 0.15) is 34.6 Å². The standard InChI is InChI=1S/C18H22N4O3/c1-13-10-14(2)21(19-13)12-15-6-8-20(9-7-15)18(23)16-4-3-5-17(11-16)22(24)25/h3-5,10-11,15H,6-9,12H2,1-2H3. The maximum Gasteiger partial charge on any atom is 0.270 e. The molecule has 1 saturated heterocycles. The predicted octanol–water partition coefficient (Wildman–Crippen LogP) is 2.96. The molecule has 1 aliphatic rings. The number of aromatic nitrogens is 2. The van der Waals surface area contributed by atoms with E-state index in [0.717, 1.165) is 30.8 Å². The Morgan fingerprint density at radius 2 is 2.00 bits per heavy atom. The number of non-ortho nitro benzene ring substituents is 1. The van der Waals surface area contributed by atoms with E-state index in [1.165, 1.54) is 12.1 Å². The summed E-state index contributed by atoms with van der Waals surface area (Å²) < 4.78 is 2.04. The third-order valence-corrected chi connectivity index (χ3v) is 4.74. The second-order valence-electron chi connectivity index (χ2n) is 6.65. The average Bonchev–Trinajstić information content (AvgIpc) is 2.92. The van der Waals surface area contributed by atoms with Gasteiger partial charge in [-0.1, -0.05) is 6.07 Å². The van der Waals surface area contributed by atoms with E-state index in [2.05, 4.69) is 18.1 Å². The van der Waals surface area contributed by atoms with Gasteiger partial charge in [0.05, 0.1) is 10.6 Å². The summed E-state index contributed by atoms with van der Waals surface area (Å²) >= 11 is 0. The van der Waals surface area contributed by atoms with E-state index in [9.17, 15) is 14.9 Å². The van der Waals surface area contributed by atoms with Crippen LogP contribution in [0.15, 0.2) is 30.3 Å². The van der Waals surface area contributed by atoms with E-state index < -0.39 is 4.92 Å². The Morgan fingerprint density at radius 3 is 2.60 bits per heavy atom. The number of carbonyl (C=O) groups excluding carboxylic acids is 1. The van der Waals surface area contributed by atoms with E-state index in [0.29, 0.717) is 24.6 Å². The maximum absolute atomic E-state index is 12.6. The summed E-state index contributed by atoms with van der Waals surface area (Å²) in [5, 5.41) is 15.4. The van der Waals surface area contributed by atoms with Crippen molar-refractivity contribution in [1.82, 2.24) is 14.7 Å². The smallest absolute Gasteiger partial charge is 0.270 e. The van der Waals surface area contributed by atoms with Crippen molar-refractivity contribution in [2.45, 2.75) is 33.2 Å². The number of nitrogens with zero attached hydrogens (tertiary/aromatic N) is 4. The van der Waals surface area contributed by atoms with Gasteiger partial charge < -0.3 is 4.90 Å². The van der Waals surface area contributed by atoms with Gasteiger partial charge in [-0.25, -0.2) is 0 Å². The lowest BCUT2D eigenvalue weighted by atomic mass is 9.96. The van der Waals surface area contributed by atoms with Crippen molar-refractivity contribution < 1.29 is 9.72 Å². The van der Waals surface area contributed by atoms with Crippen molar-refractivity contribution in [2.24, 2.45) is 5.92 Å². The molecule has 0 radical (unpaired) electrons. The summed E-state index contributed by atoms with van der Waals surface area (Å²) in [6.45, 7) is 6.26. The first-order valence-electron chi connectivity index (χ1n) is 8.49. The number of nitro groups is 1. The van der Waals surface area contributed by atoms with Crippen LogP contribution in [-0.2, 0) is 6.54 Å². The number of aryl methyl sites for hydroxylation is 2. The zero-order valence-corrected chi connectivity index (χ0v) is 14.5. The van der Waals surface area contributed by atoms with Crippen molar-refractivity contribution in [3.05, 3.63) is 57.4 Å². The monoisotopic (exact) mass is 342 g/mol. The fourth-order valence-electron chi connectivity index (χ4n) is 3.36. The normalized spacial score (nSPS) is 15.4. The summed E-state index contributed by atoms with van der Waals surface area (Å²) in [4.78, 5) is 24.8. The molecule has 1 fully saturated rings. The molecule has 0 spiro atoms. The lowest BCUT2D eigenvalue weighted by Gasteiger charge is -2.32. The first kappa shape index (κ1) is 17.1. The second kappa shape index (κ2) is 7.04. The number of benzene rings is 1. The van der Waals surface area contributed by atoms with Crippen molar-refractivity contribution in [1.29, 1.82) is 0 Å². The lowest BCUT2D eigenvalue weighted by Crippen LogP contribution is -2.39. The molecule has 3 rings (SSSR count). The molecule has 2 aromatic rings. The van der Waals surface area contributed by atoms with Crippen LogP contribution in [-0.4, -0.2) is 38.6 Å². The number of likely N-dealkylation sites (tertiary alicyclic amines) is 1. The van der Waals surface area contributed by atoms with E-state index >= 15 is 0 Å². The Bertz CT molecular complexity index is 791. The Hall–Kier alpha value is -2.70. The third kappa shape index (κ3) is 3.87. The van der Waals surface area contributed by atoms with Crippen LogP contribution in [0.4, 0.5) is 5.69 Å². The molecule has 0 bridgehead atoms. The molecule has 0 saturated carbocycles. The molecule has 1 aromatic carbocycles. The van der Waals surface area contributed by atoms with Crippen molar-refractivity contribution in [3.63, 3.8) is 0 Å². The van der Waals surface area contributed by atoms with Gasteiger partial charge in [-0.2, -0.15) is 5.10 Å². The van der Waals surface area contributed by atoms with Gasteiger partial charge in [0.1, 0.15) is 0 Å². The Kier molecular flexibility index (Phi) is 4.83. The molecule has 2 heterocycles. The van der Waals surface area contributed by atoms with E-state index in [-0.39, 0.29) is 11.6 Å². The molecule has 7 heteroatoms. The molecule has 132 valence electrons. The van der Waals surface area contributed by atoms with E-state index in [1.807, 2.05) is 11.6 Å². The van der Waals surface area contributed by atoms with Gasteiger partial charge >= 0.3 is 0 Å². The highest BCUT2D eigenvalue weighted by Gasteiger charge is 2.25. The Balaban J connectivity index is 1.60. The molecule has 1 amide bonds. The van der Waals surface area contributed by atoms with Crippen molar-refractivity contribution >= 4 is 11.6 Å². The van der Waals surface area contributed by atoms with E-state index in [1.54, 1.807) is 17.0 Å². The first-order valence-corrected chi connectivity index (χ1v) is 8.49. The molecule has 0 atom stereocenters. The lowest BCUT2D eigenvalue weighted by molar-refractivity contribution is -0.384. The van der Waals surface area contributed by atoms with Crippen LogP contribution in [0, 0.1) is 29.9 Å². The van der Waals surface area contributed by atoms with Gasteiger partial charge in [0.15, 0.2) is 0 Å². The quantitative estimate of drug-likeness (QED) is 0.632. The Morgan fingerprint density at radius 1 is 1.28 bits per heavy atom. The highest BCUT2D eigenvalue weighted by atomic mass is 16.6. The predicted molar refractivity (Wildman–Crippen MR) is 93.4 cm³/mol. The number of hydrogen-bond acceptors (Lipinski definition) is 4. The number of nitro benzene ring substituents is 1. The maximum atomic E-state index is 12.6. The minimum absolute atomic E-state index is 0.0507. The third-order valence-electron chi connectivity index (χ3n) is 4.74. The number of carbonyl (C=O) groups is 1. The second-order valence-corrected chi connectivity index (χ2v) is 6.65. The minimum atomic E-state index is -0.475. The van der Waals surface area contributed by atoms with Crippen LogP contribution < -0.4 is 0 Å². The molecular weight excluding hydrogens is 320 g/mol. The molecular formula is C18H22N4O3. The van der Waals surface area contributed by atoms with Gasteiger partial charge in [-0.15, -0.1) is 0 Å². The SMILES string of the molecule is Cc1cc(C)n(CC2CCN(C(=O)c3cccc([N+](=O)[O-])c3)CC2)n1. The summed E-state index contributed by atoms with van der Waals surface area (Å²) in [5.74, 6) is 0.362. The van der Waals surface area contributed by atoms with Crippen molar-refractivity contribution in [2.75, 3.05) is 13.1 Å². The minimum Gasteiger partial charge on any atom is -0.339 e. The summed E-state index contributed by atoms with van der Waals surface area (Å²) in [6.07, 6.45) is 1.83. The molecule has 1 aromatic heterocycles. The van der Waals surface area contributed by atoms with Gasteiger partial charge in [-0.3, -0.25) is 19.6 Å². The highest BCUT2D eigenvalue weighted by Crippen LogP contribution is 2.22. The zero-order chi connectivity index (χ0) is 18.0. The summed E-state index contributed by atoms with van der Waals surface area (Å²) in [6, 6.07) is 8.01. The molecule has 0 N–H and O–H groups in total. The van der Waals surface area contributed by atoms with Gasteiger partial charge in [0, 0.05) is 43.0 Å². The van der Waals surface area contributed by atoms with Gasteiger partial charge in [-0.05, 0) is 44.7 Å². The average molecular weight is 342 g/mol. The number of hydrogen-bond donors (Lipinski definition) is 0. The fourth-order valence-corrected chi connectivity index (χ4v) is 3.36. The number of piperidine rings is 1. The summed E-state index contributed by atoms with van der Waals surface area (Å²) in [5.41, 5.74) is 2.51. The van der Waals surface area contributed by atoms with E-state index in [4.69, 9.17) is 0 Å². The molecule has 25 heavy (non-hydrogen) atoms. The fraction of sp³-hybridized carbons (Fsp3) is 0.444. The van der Waals surface area contributed by atoms with Crippen LogP contribution in [0.2, 0.25) is 0 Å². The van der Waals surface area contributed by atoms with Crippen LogP contribution in [0.25, 0.3) is 0 Å². The molecule has 0 aliphatic carbocycles. The van der Waals surface area contributed by atoms with Gasteiger partial charge in [0.25, 0.3) is 11.6 Å². The van der Waals surface area contributed by atoms with Crippen LogP contribution in [0.3, 0.4) is 0 Å². The molecule has 7 nitrogen and oxygen atoms in total. The van der Waals surface area contributed by atoms with Crippen LogP contribution >= 0.6 is 0 Å². The largest absolute Gasteiger partial charge is 0.339 e.